The topological polar surface area (TPSA) is 17.1 Å². The zero-order valence-corrected chi connectivity index (χ0v) is 9.68. The molecule has 80 valence electrons. The number of hydrogen-bond acceptors (Lipinski definition) is 1. The van der Waals surface area contributed by atoms with Gasteiger partial charge in [-0.1, -0.05) is 24.4 Å². The molecule has 1 fully saturated rings. The largest absolute Gasteiger partial charge is 0.295 e. The Morgan fingerprint density at radius 3 is 2.53 bits per heavy atom. The third-order valence-corrected chi connectivity index (χ3v) is 3.37. The summed E-state index contributed by atoms with van der Waals surface area (Å²) in [6.07, 6.45) is 5.06. The number of hydrogen-bond donors (Lipinski definition) is 0. The van der Waals surface area contributed by atoms with Crippen LogP contribution in [0.5, 0.6) is 0 Å². The van der Waals surface area contributed by atoms with Gasteiger partial charge in [0, 0.05) is 10.6 Å². The molecular formula is C13H15ClO. The van der Waals surface area contributed by atoms with Crippen LogP contribution in [0, 0.1) is 0 Å². The third kappa shape index (κ3) is 2.40. The predicted molar refractivity (Wildman–Crippen MR) is 62.7 cm³/mol. The second kappa shape index (κ2) is 4.36. The van der Waals surface area contributed by atoms with Crippen LogP contribution in [0.25, 0.3) is 0 Å². The fourth-order valence-corrected chi connectivity index (χ4v) is 2.55. The van der Waals surface area contributed by atoms with Gasteiger partial charge in [0.05, 0.1) is 0 Å². The molecule has 0 unspecified atom stereocenters. The molecule has 0 spiro atoms. The van der Waals surface area contributed by atoms with Gasteiger partial charge in [0.1, 0.15) is 0 Å². The lowest BCUT2D eigenvalue weighted by Gasteiger charge is -2.11. The first-order chi connectivity index (χ1) is 7.16. The molecule has 1 aliphatic rings. The summed E-state index contributed by atoms with van der Waals surface area (Å²) >= 11 is 6.02. The first kappa shape index (κ1) is 10.7. The van der Waals surface area contributed by atoms with Crippen LogP contribution in [-0.4, -0.2) is 5.78 Å². The van der Waals surface area contributed by atoms with Crippen LogP contribution >= 0.6 is 11.6 Å². The Hall–Kier alpha value is -0.820. The van der Waals surface area contributed by atoms with Crippen molar-refractivity contribution < 1.29 is 4.79 Å². The van der Waals surface area contributed by atoms with E-state index in [0.29, 0.717) is 10.9 Å². The Kier molecular flexibility index (Phi) is 3.11. The van der Waals surface area contributed by atoms with Crippen LogP contribution in [0.1, 0.15) is 54.4 Å². The van der Waals surface area contributed by atoms with Gasteiger partial charge in [0.2, 0.25) is 0 Å². The summed E-state index contributed by atoms with van der Waals surface area (Å²) in [7, 11) is 0. The quantitative estimate of drug-likeness (QED) is 0.686. The molecule has 2 heteroatoms. The van der Waals surface area contributed by atoms with Crippen LogP contribution in [0.3, 0.4) is 0 Å². The van der Waals surface area contributed by atoms with Crippen LogP contribution in [0.15, 0.2) is 18.2 Å². The third-order valence-electron chi connectivity index (χ3n) is 3.15. The van der Waals surface area contributed by atoms with E-state index in [2.05, 4.69) is 0 Å². The molecule has 0 atom stereocenters. The van der Waals surface area contributed by atoms with E-state index < -0.39 is 0 Å². The average Bonchev–Trinajstić information content (AvgIpc) is 2.69. The maximum atomic E-state index is 11.3. The van der Waals surface area contributed by atoms with Crippen molar-refractivity contribution in [3.05, 3.63) is 34.3 Å². The van der Waals surface area contributed by atoms with Crippen molar-refractivity contribution in [2.75, 3.05) is 0 Å². The van der Waals surface area contributed by atoms with Crippen molar-refractivity contribution in [3.8, 4) is 0 Å². The van der Waals surface area contributed by atoms with E-state index in [1.54, 1.807) is 13.0 Å². The molecule has 0 radical (unpaired) electrons. The second-order valence-electron chi connectivity index (χ2n) is 4.31. The molecule has 1 saturated carbocycles. The van der Waals surface area contributed by atoms with E-state index >= 15 is 0 Å². The lowest BCUT2D eigenvalue weighted by atomic mass is 9.95. The van der Waals surface area contributed by atoms with E-state index in [0.717, 1.165) is 5.56 Å². The number of halogens is 1. The molecule has 0 heterocycles. The van der Waals surface area contributed by atoms with Crippen LogP contribution < -0.4 is 0 Å². The highest BCUT2D eigenvalue weighted by molar-refractivity contribution is 6.31. The molecule has 0 amide bonds. The molecule has 0 N–H and O–H groups in total. The van der Waals surface area contributed by atoms with Gasteiger partial charge in [-0.3, -0.25) is 4.79 Å². The standard InChI is InChI=1S/C13H15ClO/c1-9(15)11-6-12(8-13(14)7-11)10-4-2-3-5-10/h6-8,10H,2-5H2,1H3. The first-order valence-corrected chi connectivity index (χ1v) is 5.86. The lowest BCUT2D eigenvalue weighted by molar-refractivity contribution is 0.101. The molecule has 0 saturated heterocycles. The molecule has 0 aromatic heterocycles. The van der Waals surface area contributed by atoms with Gasteiger partial charge < -0.3 is 0 Å². The van der Waals surface area contributed by atoms with Gasteiger partial charge in [-0.2, -0.15) is 0 Å². The van der Waals surface area contributed by atoms with Crippen LogP contribution in [0.2, 0.25) is 5.02 Å². The van der Waals surface area contributed by atoms with Crippen molar-refractivity contribution in [2.45, 2.75) is 38.5 Å². The Balaban J connectivity index is 2.34. The summed E-state index contributed by atoms with van der Waals surface area (Å²) in [5.74, 6) is 0.707. The number of rotatable bonds is 2. The summed E-state index contributed by atoms with van der Waals surface area (Å²) in [5, 5.41) is 0.685. The normalized spacial score (nSPS) is 16.9. The fourth-order valence-electron chi connectivity index (χ4n) is 2.31. The van der Waals surface area contributed by atoms with E-state index in [4.69, 9.17) is 11.6 Å². The van der Waals surface area contributed by atoms with Crippen LogP contribution in [0.4, 0.5) is 0 Å². The van der Waals surface area contributed by atoms with Gasteiger partial charge in [0.25, 0.3) is 0 Å². The number of ketones is 1. The molecule has 0 bridgehead atoms. The summed E-state index contributed by atoms with van der Waals surface area (Å²) in [5.41, 5.74) is 1.98. The molecule has 15 heavy (non-hydrogen) atoms. The number of benzene rings is 1. The molecule has 0 aliphatic heterocycles. The van der Waals surface area contributed by atoms with E-state index in [1.165, 1.54) is 31.2 Å². The maximum Gasteiger partial charge on any atom is 0.159 e. The Bertz CT molecular complexity index is 378. The molecule has 1 aromatic carbocycles. The summed E-state index contributed by atoms with van der Waals surface area (Å²) in [6.45, 7) is 1.59. The molecular weight excluding hydrogens is 208 g/mol. The minimum Gasteiger partial charge on any atom is -0.295 e. The predicted octanol–water partition coefficient (Wildman–Crippen LogP) is 4.20. The minimum atomic E-state index is 0.0942. The monoisotopic (exact) mass is 222 g/mol. The van der Waals surface area contributed by atoms with Crippen molar-refractivity contribution >= 4 is 17.4 Å². The van der Waals surface area contributed by atoms with Gasteiger partial charge >= 0.3 is 0 Å². The van der Waals surface area contributed by atoms with E-state index in [1.807, 2.05) is 12.1 Å². The zero-order chi connectivity index (χ0) is 10.8. The highest BCUT2D eigenvalue weighted by Crippen LogP contribution is 2.35. The van der Waals surface area contributed by atoms with Gasteiger partial charge in [-0.05, 0) is 49.4 Å². The average molecular weight is 223 g/mol. The summed E-state index contributed by atoms with van der Waals surface area (Å²) in [6, 6.07) is 5.76. The van der Waals surface area contributed by atoms with Crippen LogP contribution in [-0.2, 0) is 0 Å². The van der Waals surface area contributed by atoms with Gasteiger partial charge in [0.15, 0.2) is 5.78 Å². The highest BCUT2D eigenvalue weighted by Gasteiger charge is 2.18. The van der Waals surface area contributed by atoms with Gasteiger partial charge in [-0.15, -0.1) is 0 Å². The first-order valence-electron chi connectivity index (χ1n) is 5.48. The van der Waals surface area contributed by atoms with E-state index in [9.17, 15) is 4.79 Å². The molecule has 1 aromatic rings. The van der Waals surface area contributed by atoms with Gasteiger partial charge in [-0.25, -0.2) is 0 Å². The van der Waals surface area contributed by atoms with Crippen molar-refractivity contribution in [1.29, 1.82) is 0 Å². The summed E-state index contributed by atoms with van der Waals surface area (Å²) in [4.78, 5) is 11.3. The second-order valence-corrected chi connectivity index (χ2v) is 4.75. The molecule has 1 nitrogen and oxygen atoms in total. The van der Waals surface area contributed by atoms with Crippen molar-refractivity contribution in [1.82, 2.24) is 0 Å². The fraction of sp³-hybridized carbons (Fsp3) is 0.462. The van der Waals surface area contributed by atoms with Crippen molar-refractivity contribution in [3.63, 3.8) is 0 Å². The Morgan fingerprint density at radius 1 is 1.27 bits per heavy atom. The SMILES string of the molecule is CC(=O)c1cc(Cl)cc(C2CCCC2)c1. The number of Topliss-reactive ketones (excluding diaryl/α,β-unsaturated/α-hetero) is 1. The number of carbonyl (C=O) groups excluding carboxylic acids is 1. The smallest absolute Gasteiger partial charge is 0.159 e. The highest BCUT2D eigenvalue weighted by atomic mass is 35.5. The Morgan fingerprint density at radius 2 is 1.93 bits per heavy atom. The summed E-state index contributed by atoms with van der Waals surface area (Å²) < 4.78 is 0. The molecule has 1 aliphatic carbocycles. The lowest BCUT2D eigenvalue weighted by Crippen LogP contribution is -1.97. The maximum absolute atomic E-state index is 11.3. The number of carbonyl (C=O) groups is 1. The minimum absolute atomic E-state index is 0.0942. The zero-order valence-electron chi connectivity index (χ0n) is 8.92. The Labute approximate surface area is 95.4 Å². The van der Waals surface area contributed by atoms with E-state index in [-0.39, 0.29) is 5.78 Å². The molecule has 2 rings (SSSR count). The van der Waals surface area contributed by atoms with Crippen molar-refractivity contribution in [2.24, 2.45) is 0 Å².